The van der Waals surface area contributed by atoms with Gasteiger partial charge in [0.25, 0.3) is 0 Å². The number of ether oxygens (including phenoxy) is 3. The minimum atomic E-state index is -0.0380. The molecule has 0 aliphatic carbocycles. The lowest BCUT2D eigenvalue weighted by atomic mass is 9.92. The molecule has 1 fully saturated rings. The van der Waals surface area contributed by atoms with Gasteiger partial charge < -0.3 is 24.0 Å². The van der Waals surface area contributed by atoms with E-state index in [-0.39, 0.29) is 23.8 Å². The number of esters is 2. The van der Waals surface area contributed by atoms with Crippen LogP contribution in [0.4, 0.5) is 0 Å². The van der Waals surface area contributed by atoms with Gasteiger partial charge in [-0.1, -0.05) is 182 Å². The molecule has 0 aromatic carbocycles. The van der Waals surface area contributed by atoms with Crippen LogP contribution in [0.25, 0.3) is 0 Å². The SMILES string of the molecule is CCCCCC(CCCCC)CCOC(=O)CCCCCCCC(CCCCCCCC(=O)OCCC(CCCCC)CCCCC)C(=O)N(C)CCOC1CCN(C)CC1. The van der Waals surface area contributed by atoms with Gasteiger partial charge in [0.05, 0.1) is 25.9 Å². The normalized spacial score (nSPS) is 13.8. The molecule has 0 radical (unpaired) electrons. The van der Waals surface area contributed by atoms with Crippen molar-refractivity contribution in [2.24, 2.45) is 17.8 Å². The largest absolute Gasteiger partial charge is 0.466 e. The lowest BCUT2D eigenvalue weighted by molar-refractivity contribution is -0.145. The number of carbonyl (C=O) groups excluding carboxylic acids is 3. The van der Waals surface area contributed by atoms with E-state index >= 15 is 0 Å². The molecular formula is C53H102N2O6. The Hall–Kier alpha value is -1.67. The van der Waals surface area contributed by atoms with Crippen LogP contribution in [-0.2, 0) is 28.6 Å². The Labute approximate surface area is 378 Å². The van der Waals surface area contributed by atoms with E-state index in [0.717, 1.165) is 116 Å². The number of carbonyl (C=O) groups is 3. The van der Waals surface area contributed by atoms with Crippen molar-refractivity contribution in [2.75, 3.05) is 53.6 Å². The molecule has 0 unspecified atom stereocenters. The highest BCUT2D eigenvalue weighted by Gasteiger charge is 2.23. The average Bonchev–Trinajstić information content (AvgIpc) is 3.25. The highest BCUT2D eigenvalue weighted by atomic mass is 16.5. The molecule has 0 saturated carbocycles. The van der Waals surface area contributed by atoms with E-state index in [0.29, 0.717) is 57.1 Å². The maximum absolute atomic E-state index is 13.7. The van der Waals surface area contributed by atoms with Crippen LogP contribution in [0.1, 0.15) is 246 Å². The summed E-state index contributed by atoms with van der Waals surface area (Å²) in [6.45, 7) is 13.6. The van der Waals surface area contributed by atoms with Gasteiger partial charge in [0.1, 0.15) is 0 Å². The van der Waals surface area contributed by atoms with E-state index in [1.54, 1.807) is 0 Å². The zero-order chi connectivity index (χ0) is 44.6. The Bertz CT molecular complexity index is 941. The summed E-state index contributed by atoms with van der Waals surface area (Å²) < 4.78 is 17.5. The summed E-state index contributed by atoms with van der Waals surface area (Å²) in [7, 11) is 4.11. The lowest BCUT2D eigenvalue weighted by Gasteiger charge is -2.30. The molecule has 0 aromatic heterocycles. The molecule has 360 valence electrons. The standard InChI is InChI=1S/C53H102N2O6/c1-7-11-21-29-47(30-22-12-8-2)39-44-60-51(56)35-27-19-15-17-25-33-49(53(58)55(6)43-46-59-50-37-41-54(5)42-38-50)34-26-18-16-20-28-36-52(57)61-45-40-48(31-23-13-9-3)32-24-14-10-4/h47-50H,7-46H2,1-6H3. The number of likely N-dealkylation sites (N-methyl/N-ethyl adjacent to an activating group) is 1. The molecule has 1 amide bonds. The summed E-state index contributed by atoms with van der Waals surface area (Å²) in [6.07, 6.45) is 38.0. The molecule has 1 heterocycles. The van der Waals surface area contributed by atoms with Crippen molar-refractivity contribution in [3.63, 3.8) is 0 Å². The van der Waals surface area contributed by atoms with Gasteiger partial charge in [-0.25, -0.2) is 0 Å². The predicted molar refractivity (Wildman–Crippen MR) is 257 cm³/mol. The number of nitrogens with zero attached hydrogens (tertiary/aromatic N) is 2. The quantitative estimate of drug-likeness (QED) is 0.0446. The molecule has 0 aromatic rings. The zero-order valence-corrected chi connectivity index (χ0v) is 41.4. The second kappa shape index (κ2) is 41.1. The second-order valence-corrected chi connectivity index (χ2v) is 19.2. The van der Waals surface area contributed by atoms with E-state index in [9.17, 15) is 14.4 Å². The summed E-state index contributed by atoms with van der Waals surface area (Å²) >= 11 is 0. The number of unbranched alkanes of at least 4 members (excludes halogenated alkanes) is 16. The number of hydrogen-bond acceptors (Lipinski definition) is 7. The molecule has 0 atom stereocenters. The Morgan fingerprint density at radius 2 is 0.885 bits per heavy atom. The summed E-state index contributed by atoms with van der Waals surface area (Å²) in [5.41, 5.74) is 0. The third kappa shape index (κ3) is 33.5. The fourth-order valence-electron chi connectivity index (χ4n) is 9.12. The molecule has 1 aliphatic rings. The molecule has 61 heavy (non-hydrogen) atoms. The molecule has 1 saturated heterocycles. The lowest BCUT2D eigenvalue weighted by Crippen LogP contribution is -2.38. The number of likely N-dealkylation sites (tertiary alicyclic amines) is 1. The van der Waals surface area contributed by atoms with E-state index in [1.165, 1.54) is 103 Å². The molecule has 1 aliphatic heterocycles. The first-order valence-corrected chi connectivity index (χ1v) is 26.6. The van der Waals surface area contributed by atoms with E-state index in [4.69, 9.17) is 14.2 Å². The van der Waals surface area contributed by atoms with Crippen LogP contribution >= 0.6 is 0 Å². The average molecular weight is 863 g/mol. The summed E-state index contributed by atoms with van der Waals surface area (Å²) in [4.78, 5) is 43.0. The Kier molecular flexibility index (Phi) is 38.6. The molecule has 8 heteroatoms. The van der Waals surface area contributed by atoms with Gasteiger partial charge in [-0.2, -0.15) is 0 Å². The molecule has 0 N–H and O–H groups in total. The minimum Gasteiger partial charge on any atom is -0.466 e. The number of piperidine rings is 1. The maximum atomic E-state index is 13.7. The van der Waals surface area contributed by atoms with Crippen molar-refractivity contribution in [1.29, 1.82) is 0 Å². The topological polar surface area (TPSA) is 85.4 Å². The van der Waals surface area contributed by atoms with Crippen molar-refractivity contribution < 1.29 is 28.6 Å². The van der Waals surface area contributed by atoms with Crippen LogP contribution in [0.2, 0.25) is 0 Å². The van der Waals surface area contributed by atoms with E-state index in [1.807, 2.05) is 11.9 Å². The minimum absolute atomic E-state index is 0.0380. The van der Waals surface area contributed by atoms with Crippen LogP contribution in [0, 0.1) is 17.8 Å². The van der Waals surface area contributed by atoms with Gasteiger partial charge in [0.2, 0.25) is 5.91 Å². The Morgan fingerprint density at radius 3 is 1.30 bits per heavy atom. The first kappa shape index (κ1) is 57.3. The maximum Gasteiger partial charge on any atom is 0.305 e. The molecular weight excluding hydrogens is 761 g/mol. The van der Waals surface area contributed by atoms with E-state index < -0.39 is 0 Å². The first-order valence-electron chi connectivity index (χ1n) is 26.6. The second-order valence-electron chi connectivity index (χ2n) is 19.2. The molecule has 1 rings (SSSR count). The van der Waals surface area contributed by atoms with Crippen molar-refractivity contribution in [3.05, 3.63) is 0 Å². The predicted octanol–water partition coefficient (Wildman–Crippen LogP) is 14.1. The third-order valence-corrected chi connectivity index (χ3v) is 13.5. The van der Waals surface area contributed by atoms with E-state index in [2.05, 4.69) is 39.6 Å². The van der Waals surface area contributed by atoms with Gasteiger partial charge in [0, 0.05) is 45.4 Å². The highest BCUT2D eigenvalue weighted by molar-refractivity contribution is 5.78. The van der Waals surface area contributed by atoms with Crippen LogP contribution in [-0.4, -0.2) is 87.3 Å². The van der Waals surface area contributed by atoms with Crippen molar-refractivity contribution in [1.82, 2.24) is 9.80 Å². The summed E-state index contributed by atoms with van der Waals surface area (Å²) in [6, 6.07) is 0. The first-order chi connectivity index (χ1) is 29.7. The smallest absolute Gasteiger partial charge is 0.305 e. The molecule has 0 spiro atoms. The van der Waals surface area contributed by atoms with Crippen LogP contribution < -0.4 is 0 Å². The zero-order valence-electron chi connectivity index (χ0n) is 41.4. The van der Waals surface area contributed by atoms with Crippen molar-refractivity contribution in [3.8, 4) is 0 Å². The highest BCUT2D eigenvalue weighted by Crippen LogP contribution is 2.24. The summed E-state index contributed by atoms with van der Waals surface area (Å²) in [5.74, 6) is 1.60. The molecule has 0 bridgehead atoms. The molecule has 8 nitrogen and oxygen atoms in total. The van der Waals surface area contributed by atoms with Gasteiger partial charge >= 0.3 is 11.9 Å². The Balaban J connectivity index is 2.41. The van der Waals surface area contributed by atoms with Crippen LogP contribution in [0.15, 0.2) is 0 Å². The monoisotopic (exact) mass is 863 g/mol. The van der Waals surface area contributed by atoms with Crippen LogP contribution in [0.3, 0.4) is 0 Å². The number of hydrogen-bond donors (Lipinski definition) is 0. The van der Waals surface area contributed by atoms with Gasteiger partial charge in [-0.05, 0) is 70.3 Å². The van der Waals surface area contributed by atoms with Gasteiger partial charge in [-0.3, -0.25) is 14.4 Å². The number of amides is 1. The van der Waals surface area contributed by atoms with Crippen LogP contribution in [0.5, 0.6) is 0 Å². The fourth-order valence-corrected chi connectivity index (χ4v) is 9.12. The van der Waals surface area contributed by atoms with Gasteiger partial charge in [-0.15, -0.1) is 0 Å². The van der Waals surface area contributed by atoms with Crippen molar-refractivity contribution >= 4 is 17.8 Å². The summed E-state index contributed by atoms with van der Waals surface area (Å²) in [5, 5.41) is 0. The fraction of sp³-hybridized carbons (Fsp3) is 0.943. The Morgan fingerprint density at radius 1 is 0.508 bits per heavy atom. The van der Waals surface area contributed by atoms with Gasteiger partial charge in [0.15, 0.2) is 0 Å². The third-order valence-electron chi connectivity index (χ3n) is 13.5. The van der Waals surface area contributed by atoms with Crippen molar-refractivity contribution in [2.45, 2.75) is 252 Å². The number of rotatable bonds is 43.